The molecular weight excluding hydrogens is 146 g/mol. The molecule has 0 spiro atoms. The summed E-state index contributed by atoms with van der Waals surface area (Å²) in [6.45, 7) is 8.59. The monoisotopic (exact) mass is 163 g/mol. The number of aryl methyl sites for hydroxylation is 2. The summed E-state index contributed by atoms with van der Waals surface area (Å²) in [6.07, 6.45) is 1.20. The quantitative estimate of drug-likeness (QED) is 0.652. The van der Waals surface area contributed by atoms with Crippen molar-refractivity contribution in [2.45, 2.75) is 40.0 Å². The second-order valence-corrected chi connectivity index (χ2v) is 3.49. The summed E-state index contributed by atoms with van der Waals surface area (Å²) < 4.78 is 0. The van der Waals surface area contributed by atoms with Gasteiger partial charge in [0, 0.05) is 11.4 Å². The Morgan fingerprint density at radius 3 is 2.17 bits per heavy atom. The van der Waals surface area contributed by atoms with E-state index in [1.165, 1.54) is 12.0 Å². The number of hydrogen-bond acceptors (Lipinski definition) is 1. The van der Waals surface area contributed by atoms with Crippen LogP contribution in [0.1, 0.15) is 43.1 Å². The summed E-state index contributed by atoms with van der Waals surface area (Å²) >= 11 is 0. The Balaban J connectivity index is 3.00. The molecule has 0 radical (unpaired) electrons. The molecule has 0 bridgehead atoms. The summed E-state index contributed by atoms with van der Waals surface area (Å²) in [5.41, 5.74) is 3.68. The van der Waals surface area contributed by atoms with Gasteiger partial charge >= 0.3 is 0 Å². The van der Waals surface area contributed by atoms with E-state index in [4.69, 9.17) is 0 Å². The fourth-order valence-corrected chi connectivity index (χ4v) is 1.39. The number of aromatic nitrogens is 1. The summed E-state index contributed by atoms with van der Waals surface area (Å²) in [5, 5.41) is 0. The summed E-state index contributed by atoms with van der Waals surface area (Å²) in [5.74, 6) is 0.658. The van der Waals surface area contributed by atoms with E-state index in [1.807, 2.05) is 0 Å². The molecule has 12 heavy (non-hydrogen) atoms. The molecule has 1 heterocycles. The third-order valence-corrected chi connectivity index (χ3v) is 2.29. The van der Waals surface area contributed by atoms with Gasteiger partial charge in [-0.05, 0) is 43.9 Å². The van der Waals surface area contributed by atoms with Gasteiger partial charge in [-0.15, -0.1) is 0 Å². The van der Waals surface area contributed by atoms with Gasteiger partial charge in [0.05, 0.1) is 0 Å². The molecular formula is C11H17N. The van der Waals surface area contributed by atoms with Crippen LogP contribution in [0.2, 0.25) is 0 Å². The van der Waals surface area contributed by atoms with E-state index in [1.54, 1.807) is 0 Å². The molecule has 0 aliphatic heterocycles. The molecule has 1 heteroatoms. The molecule has 0 aliphatic rings. The first-order valence-corrected chi connectivity index (χ1v) is 4.58. The van der Waals surface area contributed by atoms with Crippen molar-refractivity contribution in [2.75, 3.05) is 0 Å². The van der Waals surface area contributed by atoms with Crippen LogP contribution in [0, 0.1) is 13.8 Å². The maximum atomic E-state index is 4.35. The summed E-state index contributed by atoms with van der Waals surface area (Å²) in [4.78, 5) is 4.35. The van der Waals surface area contributed by atoms with Gasteiger partial charge in [-0.25, -0.2) is 0 Å². The molecule has 0 N–H and O–H groups in total. The van der Waals surface area contributed by atoms with Crippen molar-refractivity contribution in [1.82, 2.24) is 4.98 Å². The maximum absolute atomic E-state index is 4.35. The fraction of sp³-hybridized carbons (Fsp3) is 0.545. The average molecular weight is 163 g/mol. The zero-order valence-corrected chi connectivity index (χ0v) is 8.39. The Labute approximate surface area is 74.8 Å². The van der Waals surface area contributed by atoms with Gasteiger partial charge in [-0.3, -0.25) is 4.98 Å². The SMILES string of the molecule is CC[C@@H](C)c1cc(C)nc(C)c1. The van der Waals surface area contributed by atoms with Crippen LogP contribution in [0.3, 0.4) is 0 Å². The predicted molar refractivity (Wildman–Crippen MR) is 52.4 cm³/mol. The zero-order valence-electron chi connectivity index (χ0n) is 8.39. The number of rotatable bonds is 2. The molecule has 0 aromatic carbocycles. The minimum atomic E-state index is 0.658. The van der Waals surface area contributed by atoms with E-state index >= 15 is 0 Å². The summed E-state index contributed by atoms with van der Waals surface area (Å²) in [7, 11) is 0. The van der Waals surface area contributed by atoms with E-state index < -0.39 is 0 Å². The Kier molecular flexibility index (Phi) is 2.85. The minimum Gasteiger partial charge on any atom is -0.258 e. The summed E-state index contributed by atoms with van der Waals surface area (Å²) in [6, 6.07) is 4.36. The largest absolute Gasteiger partial charge is 0.258 e. The first kappa shape index (κ1) is 9.24. The second kappa shape index (κ2) is 3.70. The van der Waals surface area contributed by atoms with Gasteiger partial charge in [0.2, 0.25) is 0 Å². The third-order valence-electron chi connectivity index (χ3n) is 2.29. The van der Waals surface area contributed by atoms with Crippen molar-refractivity contribution < 1.29 is 0 Å². The zero-order chi connectivity index (χ0) is 9.14. The molecule has 0 aliphatic carbocycles. The molecule has 1 aromatic heterocycles. The molecule has 0 unspecified atom stereocenters. The molecule has 0 amide bonds. The van der Waals surface area contributed by atoms with Crippen molar-refractivity contribution in [3.63, 3.8) is 0 Å². The molecule has 1 aromatic rings. The number of pyridine rings is 1. The average Bonchev–Trinajstić information content (AvgIpc) is 2.01. The van der Waals surface area contributed by atoms with Gasteiger partial charge in [0.25, 0.3) is 0 Å². The van der Waals surface area contributed by atoms with Gasteiger partial charge < -0.3 is 0 Å². The van der Waals surface area contributed by atoms with E-state index in [-0.39, 0.29) is 0 Å². The van der Waals surface area contributed by atoms with Crippen LogP contribution < -0.4 is 0 Å². The van der Waals surface area contributed by atoms with E-state index in [9.17, 15) is 0 Å². The highest BCUT2D eigenvalue weighted by molar-refractivity contribution is 5.23. The van der Waals surface area contributed by atoms with Crippen LogP contribution in [0.25, 0.3) is 0 Å². The molecule has 1 nitrogen and oxygen atoms in total. The highest BCUT2D eigenvalue weighted by Gasteiger charge is 2.03. The second-order valence-electron chi connectivity index (χ2n) is 3.49. The number of nitrogens with zero attached hydrogens (tertiary/aromatic N) is 1. The smallest absolute Gasteiger partial charge is 0.0378 e. The molecule has 0 saturated heterocycles. The number of hydrogen-bond donors (Lipinski definition) is 0. The molecule has 0 saturated carbocycles. The van der Waals surface area contributed by atoms with Gasteiger partial charge in [-0.2, -0.15) is 0 Å². The van der Waals surface area contributed by atoms with Crippen molar-refractivity contribution in [3.05, 3.63) is 29.1 Å². The highest BCUT2D eigenvalue weighted by atomic mass is 14.7. The van der Waals surface area contributed by atoms with Crippen LogP contribution in [-0.2, 0) is 0 Å². The Hall–Kier alpha value is -0.850. The first-order chi connectivity index (χ1) is 5.63. The van der Waals surface area contributed by atoms with Crippen LogP contribution >= 0.6 is 0 Å². The standard InChI is InChI=1S/C11H17N/c1-5-8(2)11-6-9(3)12-10(4)7-11/h6-8H,5H2,1-4H3/t8-/m1/s1. The first-order valence-electron chi connectivity index (χ1n) is 4.58. The van der Waals surface area contributed by atoms with Crippen molar-refractivity contribution in [1.29, 1.82) is 0 Å². The van der Waals surface area contributed by atoms with E-state index in [0.29, 0.717) is 5.92 Å². The van der Waals surface area contributed by atoms with Crippen molar-refractivity contribution in [2.24, 2.45) is 0 Å². The van der Waals surface area contributed by atoms with Gasteiger partial charge in [-0.1, -0.05) is 13.8 Å². The lowest BCUT2D eigenvalue weighted by Gasteiger charge is -2.10. The molecule has 0 fully saturated rings. The highest BCUT2D eigenvalue weighted by Crippen LogP contribution is 2.19. The van der Waals surface area contributed by atoms with Gasteiger partial charge in [0.15, 0.2) is 0 Å². The fourth-order valence-electron chi connectivity index (χ4n) is 1.39. The Bertz CT molecular complexity index is 245. The Morgan fingerprint density at radius 2 is 1.75 bits per heavy atom. The predicted octanol–water partition coefficient (Wildman–Crippen LogP) is 3.21. The lowest BCUT2D eigenvalue weighted by molar-refractivity contribution is 0.729. The lowest BCUT2D eigenvalue weighted by Crippen LogP contribution is -1.95. The van der Waals surface area contributed by atoms with Crippen molar-refractivity contribution in [3.8, 4) is 0 Å². The Morgan fingerprint density at radius 1 is 1.25 bits per heavy atom. The lowest BCUT2D eigenvalue weighted by atomic mass is 9.98. The third kappa shape index (κ3) is 2.07. The van der Waals surface area contributed by atoms with Crippen molar-refractivity contribution >= 4 is 0 Å². The minimum absolute atomic E-state index is 0.658. The maximum Gasteiger partial charge on any atom is 0.0378 e. The van der Waals surface area contributed by atoms with Crippen LogP contribution in [0.4, 0.5) is 0 Å². The van der Waals surface area contributed by atoms with Crippen LogP contribution in [0.5, 0.6) is 0 Å². The molecule has 1 rings (SSSR count). The molecule has 1 atom stereocenters. The van der Waals surface area contributed by atoms with Crippen LogP contribution in [-0.4, -0.2) is 4.98 Å². The topological polar surface area (TPSA) is 12.9 Å². The van der Waals surface area contributed by atoms with E-state index in [0.717, 1.165) is 11.4 Å². The van der Waals surface area contributed by atoms with Gasteiger partial charge in [0.1, 0.15) is 0 Å². The van der Waals surface area contributed by atoms with E-state index in [2.05, 4.69) is 44.8 Å². The van der Waals surface area contributed by atoms with Crippen LogP contribution in [0.15, 0.2) is 12.1 Å². The molecule has 66 valence electrons. The normalized spacial score (nSPS) is 13.0.